The highest BCUT2D eigenvalue weighted by Crippen LogP contribution is 2.14. The van der Waals surface area contributed by atoms with Crippen LogP contribution in [0.1, 0.15) is 25.7 Å². The third kappa shape index (κ3) is 2.70. The zero-order valence-corrected chi connectivity index (χ0v) is 8.21. The quantitative estimate of drug-likeness (QED) is 0.625. The molecule has 2 rings (SSSR count). The molecule has 13 heavy (non-hydrogen) atoms. The van der Waals surface area contributed by atoms with E-state index in [2.05, 4.69) is 29.5 Å². The Morgan fingerprint density at radius 1 is 1.15 bits per heavy atom. The van der Waals surface area contributed by atoms with Crippen molar-refractivity contribution in [1.82, 2.24) is 4.90 Å². The minimum Gasteiger partial charge on any atom is -0.299 e. The highest BCUT2D eigenvalue weighted by molar-refractivity contribution is 5.27. The smallest absolute Gasteiger partial charge is 0.0230 e. The summed E-state index contributed by atoms with van der Waals surface area (Å²) in [6.07, 6.45) is 14.3. The maximum absolute atomic E-state index is 2.57. The average molecular weight is 176 g/mol. The second-order valence-electron chi connectivity index (χ2n) is 3.95. The van der Waals surface area contributed by atoms with Gasteiger partial charge >= 0.3 is 0 Å². The molecule has 2 aliphatic rings. The molecule has 0 atom stereocenters. The Hall–Kier alpha value is -0.560. The SMILES string of the molecule is [CH]1C=CC(CN2CCCCC2)=CC1. The highest BCUT2D eigenvalue weighted by atomic mass is 15.1. The number of hydrogen-bond acceptors (Lipinski definition) is 1. The van der Waals surface area contributed by atoms with Crippen LogP contribution >= 0.6 is 0 Å². The van der Waals surface area contributed by atoms with Gasteiger partial charge in [-0.1, -0.05) is 24.6 Å². The topological polar surface area (TPSA) is 3.24 Å². The van der Waals surface area contributed by atoms with E-state index in [1.807, 2.05) is 0 Å². The summed E-state index contributed by atoms with van der Waals surface area (Å²) in [5.74, 6) is 0. The molecule has 0 N–H and O–H groups in total. The molecule has 0 amide bonds. The van der Waals surface area contributed by atoms with E-state index < -0.39 is 0 Å². The molecule has 1 radical (unpaired) electrons. The van der Waals surface area contributed by atoms with Crippen molar-refractivity contribution in [3.05, 3.63) is 30.2 Å². The maximum atomic E-state index is 2.57. The van der Waals surface area contributed by atoms with Gasteiger partial charge in [-0.3, -0.25) is 4.90 Å². The van der Waals surface area contributed by atoms with E-state index in [0.717, 1.165) is 6.42 Å². The molecule has 1 aliphatic heterocycles. The first-order chi connectivity index (χ1) is 6.45. The number of nitrogens with zero attached hydrogens (tertiary/aromatic N) is 1. The standard InChI is InChI=1S/C12H18N/c1-3-7-12(8-4-1)11-13-9-5-2-6-10-13/h1,3,7-8H,2,4-6,9-11H2. The average Bonchev–Trinajstić information content (AvgIpc) is 2.21. The van der Waals surface area contributed by atoms with Crippen LogP contribution in [0.3, 0.4) is 0 Å². The Kier molecular flexibility index (Phi) is 3.20. The molecular weight excluding hydrogens is 158 g/mol. The summed E-state index contributed by atoms with van der Waals surface area (Å²) in [5.41, 5.74) is 1.50. The minimum atomic E-state index is 1.12. The van der Waals surface area contributed by atoms with Crippen LogP contribution < -0.4 is 0 Å². The van der Waals surface area contributed by atoms with Crippen LogP contribution in [0.2, 0.25) is 0 Å². The minimum absolute atomic E-state index is 1.12. The molecule has 1 fully saturated rings. The third-order valence-electron chi connectivity index (χ3n) is 2.82. The second-order valence-corrected chi connectivity index (χ2v) is 3.95. The number of likely N-dealkylation sites (tertiary alicyclic amines) is 1. The van der Waals surface area contributed by atoms with E-state index in [0.29, 0.717) is 0 Å². The molecule has 1 aliphatic carbocycles. The lowest BCUT2D eigenvalue weighted by Gasteiger charge is -2.27. The number of allylic oxidation sites excluding steroid dienone is 2. The van der Waals surface area contributed by atoms with E-state index in [1.165, 1.54) is 44.5 Å². The molecule has 1 saturated heterocycles. The fraction of sp³-hybridized carbons (Fsp3) is 0.583. The molecule has 0 aromatic carbocycles. The van der Waals surface area contributed by atoms with Crippen LogP contribution in [-0.2, 0) is 0 Å². The Labute approximate surface area is 81.1 Å². The van der Waals surface area contributed by atoms with Crippen LogP contribution in [0.5, 0.6) is 0 Å². The first-order valence-electron chi connectivity index (χ1n) is 5.36. The molecule has 71 valence electrons. The summed E-state index contributed by atoms with van der Waals surface area (Å²) >= 11 is 0. The van der Waals surface area contributed by atoms with Gasteiger partial charge in [-0.05, 0) is 44.3 Å². The van der Waals surface area contributed by atoms with E-state index in [-0.39, 0.29) is 0 Å². The van der Waals surface area contributed by atoms with Crippen molar-refractivity contribution in [1.29, 1.82) is 0 Å². The van der Waals surface area contributed by atoms with Gasteiger partial charge in [0, 0.05) is 6.54 Å². The zero-order valence-electron chi connectivity index (χ0n) is 8.21. The van der Waals surface area contributed by atoms with Crippen molar-refractivity contribution in [2.45, 2.75) is 25.7 Å². The molecule has 0 aromatic rings. The van der Waals surface area contributed by atoms with Gasteiger partial charge in [0.1, 0.15) is 0 Å². The molecule has 0 aromatic heterocycles. The van der Waals surface area contributed by atoms with Gasteiger partial charge in [0.2, 0.25) is 0 Å². The van der Waals surface area contributed by atoms with Gasteiger partial charge in [-0.15, -0.1) is 0 Å². The van der Waals surface area contributed by atoms with Crippen molar-refractivity contribution in [3.63, 3.8) is 0 Å². The van der Waals surface area contributed by atoms with Crippen LogP contribution in [0.25, 0.3) is 0 Å². The van der Waals surface area contributed by atoms with Gasteiger partial charge in [0.15, 0.2) is 0 Å². The zero-order chi connectivity index (χ0) is 8.93. The van der Waals surface area contributed by atoms with Crippen LogP contribution in [0.15, 0.2) is 23.8 Å². The molecule has 0 unspecified atom stereocenters. The molecule has 0 bridgehead atoms. The Balaban J connectivity index is 1.82. The lowest BCUT2D eigenvalue weighted by atomic mass is 10.1. The van der Waals surface area contributed by atoms with Crippen LogP contribution in [0.4, 0.5) is 0 Å². The number of rotatable bonds is 2. The molecule has 0 spiro atoms. The number of hydrogen-bond donors (Lipinski definition) is 0. The third-order valence-corrected chi connectivity index (χ3v) is 2.82. The van der Waals surface area contributed by atoms with Crippen LogP contribution in [0, 0.1) is 6.42 Å². The first kappa shape index (κ1) is 9.01. The lowest BCUT2D eigenvalue weighted by Crippen LogP contribution is -2.31. The van der Waals surface area contributed by atoms with Gasteiger partial charge in [0.05, 0.1) is 0 Å². The summed E-state index contributed by atoms with van der Waals surface area (Å²) in [6, 6.07) is 0. The fourth-order valence-corrected chi connectivity index (χ4v) is 2.05. The summed E-state index contributed by atoms with van der Waals surface area (Å²) in [5, 5.41) is 0. The predicted molar refractivity (Wildman–Crippen MR) is 56.4 cm³/mol. The van der Waals surface area contributed by atoms with Crippen molar-refractivity contribution < 1.29 is 0 Å². The van der Waals surface area contributed by atoms with E-state index in [4.69, 9.17) is 0 Å². The van der Waals surface area contributed by atoms with Crippen LogP contribution in [-0.4, -0.2) is 24.5 Å². The van der Waals surface area contributed by atoms with Crippen molar-refractivity contribution in [3.8, 4) is 0 Å². The Bertz CT molecular complexity index is 209. The van der Waals surface area contributed by atoms with Gasteiger partial charge in [-0.25, -0.2) is 0 Å². The molecule has 1 heteroatoms. The predicted octanol–water partition coefficient (Wildman–Crippen LogP) is 2.56. The molecule has 0 saturated carbocycles. The van der Waals surface area contributed by atoms with Gasteiger partial charge in [-0.2, -0.15) is 0 Å². The monoisotopic (exact) mass is 176 g/mol. The van der Waals surface area contributed by atoms with Gasteiger partial charge in [0.25, 0.3) is 0 Å². The maximum Gasteiger partial charge on any atom is 0.0230 e. The van der Waals surface area contributed by atoms with Crippen molar-refractivity contribution in [2.75, 3.05) is 19.6 Å². The van der Waals surface area contributed by atoms with E-state index >= 15 is 0 Å². The second kappa shape index (κ2) is 4.61. The van der Waals surface area contributed by atoms with Crippen molar-refractivity contribution in [2.24, 2.45) is 0 Å². The molecular formula is C12H18N. The summed E-state index contributed by atoms with van der Waals surface area (Å²) < 4.78 is 0. The van der Waals surface area contributed by atoms with Crippen molar-refractivity contribution >= 4 is 0 Å². The lowest BCUT2D eigenvalue weighted by molar-refractivity contribution is 0.248. The van der Waals surface area contributed by atoms with E-state index in [1.54, 1.807) is 0 Å². The largest absolute Gasteiger partial charge is 0.299 e. The summed E-state index contributed by atoms with van der Waals surface area (Å²) in [7, 11) is 0. The molecule has 1 heterocycles. The fourth-order valence-electron chi connectivity index (χ4n) is 2.05. The summed E-state index contributed by atoms with van der Waals surface area (Å²) in [6.45, 7) is 3.77. The normalized spacial score (nSPS) is 24.5. The summed E-state index contributed by atoms with van der Waals surface area (Å²) in [4.78, 5) is 2.57. The molecule has 1 nitrogen and oxygen atoms in total. The van der Waals surface area contributed by atoms with Gasteiger partial charge < -0.3 is 0 Å². The van der Waals surface area contributed by atoms with E-state index in [9.17, 15) is 0 Å². The highest BCUT2D eigenvalue weighted by Gasteiger charge is 2.10. The Morgan fingerprint density at radius 3 is 2.69 bits per heavy atom. The number of piperidine rings is 1. The Morgan fingerprint density at radius 2 is 2.00 bits per heavy atom. The first-order valence-corrected chi connectivity index (χ1v) is 5.36.